The Balaban J connectivity index is 0.000000220. The third-order valence-electron chi connectivity index (χ3n) is 4.54. The van der Waals surface area contributed by atoms with Crippen LogP contribution in [0.5, 0.6) is 0 Å². The maximum Gasteiger partial charge on any atom is 0.294 e. The van der Waals surface area contributed by atoms with Crippen LogP contribution < -0.4 is 0 Å². The van der Waals surface area contributed by atoms with Gasteiger partial charge in [0.25, 0.3) is 10.1 Å². The summed E-state index contributed by atoms with van der Waals surface area (Å²) in [5, 5.41) is 8.82. The average molecular weight is 326 g/mol. The molecule has 0 spiro atoms. The van der Waals surface area contributed by atoms with Crippen molar-refractivity contribution >= 4 is 10.1 Å². The molecule has 124 valence electrons. The molecule has 0 saturated heterocycles. The van der Waals surface area contributed by atoms with Crippen LogP contribution in [0.25, 0.3) is 0 Å². The predicted molar refractivity (Wildman–Crippen MR) is 88.3 cm³/mol. The average Bonchev–Trinajstić information content (AvgIpc) is 2.66. The molecule has 0 aliphatic heterocycles. The molecular formula is C17H26O4S. The van der Waals surface area contributed by atoms with Crippen molar-refractivity contribution in [2.45, 2.75) is 45.4 Å². The molecule has 0 heterocycles. The van der Waals surface area contributed by atoms with E-state index < -0.39 is 10.1 Å². The molecule has 0 amide bonds. The van der Waals surface area contributed by atoms with E-state index in [0.717, 1.165) is 18.4 Å². The third-order valence-corrected chi connectivity index (χ3v) is 5.41. The van der Waals surface area contributed by atoms with E-state index in [2.05, 4.69) is 26.8 Å². The summed E-state index contributed by atoms with van der Waals surface area (Å²) in [5.74, 6) is 0.660. The lowest BCUT2D eigenvalue weighted by Crippen LogP contribution is -2.21. The molecule has 22 heavy (non-hydrogen) atoms. The van der Waals surface area contributed by atoms with Gasteiger partial charge in [0.05, 0.1) is 4.90 Å². The standard InChI is InChI=1S/C10H18O.C7H8O3S/c1-8-4-5-9(6-7-11)10(8,2)3;1-6-2-4-7(5-3-6)11(8,9)10/h4,9,11H,5-7H2,1-3H3;2-5H,1H3,(H,8,9,10). The third kappa shape index (κ3) is 4.93. The van der Waals surface area contributed by atoms with Crippen LogP contribution in [0.4, 0.5) is 0 Å². The number of hydrogen-bond donors (Lipinski definition) is 2. The van der Waals surface area contributed by atoms with Crippen LogP contribution in [-0.4, -0.2) is 24.7 Å². The van der Waals surface area contributed by atoms with Gasteiger partial charge in [0.1, 0.15) is 0 Å². The summed E-state index contributed by atoms with van der Waals surface area (Å²) in [6.07, 6.45) is 4.40. The second kappa shape index (κ2) is 7.40. The lowest BCUT2D eigenvalue weighted by atomic mass is 9.76. The molecule has 2 rings (SSSR count). The molecule has 1 aliphatic rings. The minimum Gasteiger partial charge on any atom is -0.396 e. The van der Waals surface area contributed by atoms with Crippen molar-refractivity contribution < 1.29 is 18.1 Å². The Labute approximate surface area is 133 Å². The van der Waals surface area contributed by atoms with Crippen LogP contribution in [0.1, 0.15) is 39.2 Å². The van der Waals surface area contributed by atoms with Crippen LogP contribution in [0.15, 0.2) is 40.8 Å². The topological polar surface area (TPSA) is 74.6 Å². The first-order chi connectivity index (χ1) is 10.1. The highest BCUT2D eigenvalue weighted by atomic mass is 32.2. The maximum absolute atomic E-state index is 10.5. The molecule has 2 N–H and O–H groups in total. The summed E-state index contributed by atoms with van der Waals surface area (Å²) in [6, 6.07) is 5.99. The molecule has 1 aromatic rings. The molecule has 0 aromatic heterocycles. The number of aryl methyl sites for hydroxylation is 1. The maximum atomic E-state index is 10.5. The minimum atomic E-state index is -4.02. The zero-order chi connectivity index (χ0) is 17.0. The Bertz CT molecular complexity index is 613. The molecular weight excluding hydrogens is 300 g/mol. The first-order valence-corrected chi connectivity index (χ1v) is 8.85. The van der Waals surface area contributed by atoms with Gasteiger partial charge in [0.2, 0.25) is 0 Å². The van der Waals surface area contributed by atoms with E-state index in [1.807, 2.05) is 6.92 Å². The summed E-state index contributed by atoms with van der Waals surface area (Å²) in [7, 11) is -4.02. The molecule has 1 atom stereocenters. The van der Waals surface area contributed by atoms with Gasteiger partial charge in [-0.1, -0.05) is 43.2 Å². The lowest BCUT2D eigenvalue weighted by Gasteiger charge is -2.29. The Morgan fingerprint density at radius 3 is 2.09 bits per heavy atom. The van der Waals surface area contributed by atoms with E-state index in [-0.39, 0.29) is 4.90 Å². The first-order valence-electron chi connectivity index (χ1n) is 7.41. The van der Waals surface area contributed by atoms with E-state index in [0.29, 0.717) is 17.9 Å². The van der Waals surface area contributed by atoms with Gasteiger partial charge in [-0.15, -0.1) is 0 Å². The summed E-state index contributed by atoms with van der Waals surface area (Å²) in [4.78, 5) is -0.0666. The zero-order valence-corrected chi connectivity index (χ0v) is 14.5. The van der Waals surface area contributed by atoms with Crippen LogP contribution in [-0.2, 0) is 10.1 Å². The van der Waals surface area contributed by atoms with E-state index in [1.165, 1.54) is 17.7 Å². The quantitative estimate of drug-likeness (QED) is 0.657. The van der Waals surface area contributed by atoms with Gasteiger partial charge in [0.15, 0.2) is 0 Å². The number of hydrogen-bond acceptors (Lipinski definition) is 3. The fourth-order valence-electron chi connectivity index (χ4n) is 2.54. The van der Waals surface area contributed by atoms with E-state index in [9.17, 15) is 8.42 Å². The van der Waals surface area contributed by atoms with Gasteiger partial charge < -0.3 is 5.11 Å². The number of rotatable bonds is 3. The normalized spacial score (nSPS) is 20.1. The van der Waals surface area contributed by atoms with Crippen molar-refractivity contribution in [2.75, 3.05) is 6.61 Å². The molecule has 0 bridgehead atoms. The fraction of sp³-hybridized carbons (Fsp3) is 0.529. The zero-order valence-electron chi connectivity index (χ0n) is 13.7. The second-order valence-electron chi connectivity index (χ2n) is 6.34. The van der Waals surface area contributed by atoms with Crippen molar-refractivity contribution in [3.8, 4) is 0 Å². The summed E-state index contributed by atoms with van der Waals surface area (Å²) in [6.45, 7) is 8.90. The highest BCUT2D eigenvalue weighted by Gasteiger charge is 2.33. The molecule has 1 unspecified atom stereocenters. The van der Waals surface area contributed by atoms with Gasteiger partial charge >= 0.3 is 0 Å². The van der Waals surface area contributed by atoms with Crippen molar-refractivity contribution in [1.82, 2.24) is 0 Å². The van der Waals surface area contributed by atoms with Gasteiger partial charge in [-0.25, -0.2) is 0 Å². The molecule has 0 fully saturated rings. The molecule has 4 nitrogen and oxygen atoms in total. The Morgan fingerprint density at radius 1 is 1.18 bits per heavy atom. The molecule has 1 aromatic carbocycles. The molecule has 0 saturated carbocycles. The smallest absolute Gasteiger partial charge is 0.294 e. The number of aliphatic hydroxyl groups is 1. The molecule has 5 heteroatoms. The van der Waals surface area contributed by atoms with Crippen molar-refractivity contribution in [1.29, 1.82) is 0 Å². The Hall–Kier alpha value is -1.17. The van der Waals surface area contributed by atoms with E-state index >= 15 is 0 Å². The van der Waals surface area contributed by atoms with Gasteiger partial charge in [-0.3, -0.25) is 4.55 Å². The SMILES string of the molecule is CC1=CCC(CCO)C1(C)C.Cc1ccc(S(=O)(=O)O)cc1. The number of aliphatic hydroxyl groups excluding tert-OH is 1. The monoisotopic (exact) mass is 326 g/mol. The Kier molecular flexibility index (Phi) is 6.35. The summed E-state index contributed by atoms with van der Waals surface area (Å²) >= 11 is 0. The van der Waals surface area contributed by atoms with Gasteiger partial charge in [-0.2, -0.15) is 8.42 Å². The van der Waals surface area contributed by atoms with Crippen molar-refractivity contribution in [3.63, 3.8) is 0 Å². The number of benzene rings is 1. The first kappa shape index (κ1) is 18.9. The number of allylic oxidation sites excluding steroid dienone is 2. The van der Waals surface area contributed by atoms with Crippen LogP contribution in [0, 0.1) is 18.3 Å². The largest absolute Gasteiger partial charge is 0.396 e. The summed E-state index contributed by atoms with van der Waals surface area (Å²) in [5.41, 5.74) is 2.76. The van der Waals surface area contributed by atoms with Gasteiger partial charge in [-0.05, 0) is 50.2 Å². The van der Waals surface area contributed by atoms with Crippen molar-refractivity contribution in [3.05, 3.63) is 41.5 Å². The minimum absolute atomic E-state index is 0.0666. The van der Waals surface area contributed by atoms with Crippen LogP contribution in [0.3, 0.4) is 0 Å². The lowest BCUT2D eigenvalue weighted by molar-refractivity contribution is 0.201. The predicted octanol–water partition coefficient (Wildman–Crippen LogP) is 3.60. The van der Waals surface area contributed by atoms with Crippen molar-refractivity contribution in [2.24, 2.45) is 11.3 Å². The molecule has 0 radical (unpaired) electrons. The second-order valence-corrected chi connectivity index (χ2v) is 7.76. The van der Waals surface area contributed by atoms with E-state index in [1.54, 1.807) is 12.1 Å². The highest BCUT2D eigenvalue weighted by Crippen LogP contribution is 2.44. The summed E-state index contributed by atoms with van der Waals surface area (Å²) < 4.78 is 29.6. The van der Waals surface area contributed by atoms with Gasteiger partial charge in [0, 0.05) is 6.61 Å². The van der Waals surface area contributed by atoms with Crippen LogP contribution in [0.2, 0.25) is 0 Å². The van der Waals surface area contributed by atoms with E-state index in [4.69, 9.17) is 9.66 Å². The molecule has 1 aliphatic carbocycles. The Morgan fingerprint density at radius 2 is 1.73 bits per heavy atom. The van der Waals surface area contributed by atoms with Crippen LogP contribution >= 0.6 is 0 Å². The highest BCUT2D eigenvalue weighted by molar-refractivity contribution is 7.85. The fourth-order valence-corrected chi connectivity index (χ4v) is 3.02.